The van der Waals surface area contributed by atoms with Crippen LogP contribution < -0.4 is 5.32 Å². The van der Waals surface area contributed by atoms with Gasteiger partial charge in [-0.15, -0.1) is 0 Å². The lowest BCUT2D eigenvalue weighted by molar-refractivity contribution is -0.00786. The van der Waals surface area contributed by atoms with E-state index in [1.54, 1.807) is 66.0 Å². The van der Waals surface area contributed by atoms with Crippen molar-refractivity contribution in [3.05, 3.63) is 24.4 Å². The van der Waals surface area contributed by atoms with Crippen LogP contribution in [0.25, 0.3) is 0 Å². The van der Waals surface area contributed by atoms with Crippen LogP contribution in [-0.4, -0.2) is 32.9 Å². The smallest absolute Gasteiger partial charge is 0.422 e. The van der Waals surface area contributed by atoms with Crippen molar-refractivity contribution in [1.82, 2.24) is 10.2 Å². The summed E-state index contributed by atoms with van der Waals surface area (Å²) in [4.78, 5) is 25.8. The third-order valence-corrected chi connectivity index (χ3v) is 3.14. The molecule has 0 aromatic rings. The predicted octanol–water partition coefficient (Wildman–Crippen LogP) is 3.88. The fourth-order valence-corrected chi connectivity index (χ4v) is 2.12. The molecule has 6 nitrogen and oxygen atoms in total. The first kappa shape index (κ1) is 18.5. The summed E-state index contributed by atoms with van der Waals surface area (Å²) in [5, 5.41) is 2.90. The lowest BCUT2D eigenvalue weighted by atomic mass is 10.2. The molecule has 1 aliphatic heterocycles. The van der Waals surface area contributed by atoms with Crippen molar-refractivity contribution in [2.24, 2.45) is 0 Å². The van der Waals surface area contributed by atoms with E-state index in [2.05, 4.69) is 21.2 Å². The second-order valence-corrected chi connectivity index (χ2v) is 8.04. The van der Waals surface area contributed by atoms with Gasteiger partial charge in [-0.2, -0.15) is 4.90 Å². The lowest BCUT2D eigenvalue weighted by Gasteiger charge is -2.38. The minimum absolute atomic E-state index is 0.741. The summed E-state index contributed by atoms with van der Waals surface area (Å²) < 4.78 is 9.38. The average molecular weight is 375 g/mol. The van der Waals surface area contributed by atoms with Gasteiger partial charge < -0.3 is 14.8 Å². The third-order valence-electron chi connectivity index (χ3n) is 2.29. The Morgan fingerprint density at radius 2 is 1.45 bits per heavy atom. The molecule has 0 aliphatic carbocycles. The molecule has 7 heteroatoms. The number of nitrogens with one attached hydrogen (secondary N) is 1. The average Bonchev–Trinajstić information content (AvgIpc) is 2.23. The van der Waals surface area contributed by atoms with Crippen LogP contribution >= 0.6 is 15.9 Å². The van der Waals surface area contributed by atoms with Crippen molar-refractivity contribution in [3.8, 4) is 0 Å². The van der Waals surface area contributed by atoms with Crippen molar-refractivity contribution in [3.63, 3.8) is 0 Å². The molecule has 0 aromatic heterocycles. The van der Waals surface area contributed by atoms with Crippen LogP contribution in [0.3, 0.4) is 0 Å². The number of hydrogen-bond donors (Lipinski definition) is 1. The maximum Gasteiger partial charge on any atom is 0.422 e. The number of carbonyl (C=O) groups excluding carboxylic acids is 2. The molecule has 0 fully saturated rings. The highest BCUT2D eigenvalue weighted by Gasteiger charge is 2.44. The second kappa shape index (κ2) is 6.32. The van der Waals surface area contributed by atoms with Gasteiger partial charge in [0.1, 0.15) is 11.2 Å². The number of rotatable bonds is 1. The first-order valence-corrected chi connectivity index (χ1v) is 7.70. The zero-order valence-electron chi connectivity index (χ0n) is 13.8. The zero-order valence-corrected chi connectivity index (χ0v) is 15.4. The maximum atomic E-state index is 12.5. The van der Waals surface area contributed by atoms with Crippen molar-refractivity contribution in [2.75, 3.05) is 0 Å². The number of hydrogen-bond acceptors (Lipinski definition) is 5. The number of halogens is 1. The molecule has 0 spiro atoms. The minimum Gasteiger partial charge on any atom is -0.443 e. The highest BCUT2D eigenvalue weighted by atomic mass is 79.9. The highest BCUT2D eigenvalue weighted by molar-refractivity contribution is 9.10. The van der Waals surface area contributed by atoms with Crippen molar-refractivity contribution >= 4 is 28.1 Å². The lowest BCUT2D eigenvalue weighted by Crippen LogP contribution is -2.59. The summed E-state index contributed by atoms with van der Waals surface area (Å²) in [7, 11) is 0. The number of alkyl halides is 1. The van der Waals surface area contributed by atoms with E-state index in [0.717, 1.165) is 4.90 Å². The fraction of sp³-hybridized carbons (Fsp3) is 0.600. The van der Waals surface area contributed by atoms with E-state index in [0.29, 0.717) is 0 Å². The Morgan fingerprint density at radius 3 is 1.77 bits per heavy atom. The molecule has 0 saturated heterocycles. The molecule has 0 aromatic carbocycles. The molecule has 0 radical (unpaired) electrons. The Bertz CT molecular complexity index is 475. The van der Waals surface area contributed by atoms with Gasteiger partial charge in [0.15, 0.2) is 0 Å². The quantitative estimate of drug-likeness (QED) is 0.557. The highest BCUT2D eigenvalue weighted by Crippen LogP contribution is 2.28. The summed E-state index contributed by atoms with van der Waals surface area (Å²) in [5.41, 5.74) is -1.48. The first-order chi connectivity index (χ1) is 9.84. The van der Waals surface area contributed by atoms with Gasteiger partial charge in [-0.05, 0) is 75.8 Å². The molecule has 124 valence electrons. The monoisotopic (exact) mass is 374 g/mol. The molecule has 2 amide bonds. The van der Waals surface area contributed by atoms with Crippen LogP contribution in [-0.2, 0) is 9.47 Å². The minimum atomic E-state index is -1.24. The van der Waals surface area contributed by atoms with Gasteiger partial charge in [-0.3, -0.25) is 0 Å². The van der Waals surface area contributed by atoms with Crippen molar-refractivity contribution in [1.29, 1.82) is 0 Å². The molecule has 1 N–H and O–H groups in total. The summed E-state index contributed by atoms with van der Waals surface area (Å²) in [5.74, 6) is 0. The standard InChI is InChI=1S/C15H23BrN2O4/c1-13(2,3)21-11(19)18(12(20)22-14(4,5)6)15(16)9-7-8-10-17-15/h7-10,17H,1-6H3. The Balaban J connectivity index is 3.10. The van der Waals surface area contributed by atoms with Crippen LogP contribution in [0.15, 0.2) is 24.4 Å². The summed E-state index contributed by atoms with van der Waals surface area (Å²) in [6, 6.07) is 0. The molecule has 0 saturated carbocycles. The molecule has 1 atom stereocenters. The number of dihydropyridines is 1. The largest absolute Gasteiger partial charge is 0.443 e. The van der Waals surface area contributed by atoms with Gasteiger partial charge in [0.05, 0.1) is 0 Å². The maximum absolute atomic E-state index is 12.5. The molecule has 1 aliphatic rings. The Labute approximate surface area is 139 Å². The molecule has 1 rings (SSSR count). The molecule has 1 heterocycles. The zero-order chi connectivity index (χ0) is 17.2. The van der Waals surface area contributed by atoms with Crippen LogP contribution in [0.1, 0.15) is 41.5 Å². The van der Waals surface area contributed by atoms with Crippen LogP contribution in [0.4, 0.5) is 9.59 Å². The van der Waals surface area contributed by atoms with Gasteiger partial charge in [-0.1, -0.05) is 6.08 Å². The molecular formula is C15H23BrN2O4. The topological polar surface area (TPSA) is 67.9 Å². The number of nitrogens with zero attached hydrogens (tertiary/aromatic N) is 1. The summed E-state index contributed by atoms with van der Waals surface area (Å²) >= 11 is 3.35. The van der Waals surface area contributed by atoms with E-state index in [1.807, 2.05) is 0 Å². The SMILES string of the molecule is CC(C)(C)OC(=O)N(C(=O)OC(C)(C)C)C1(Br)C=CC=CN1. The number of allylic oxidation sites excluding steroid dienone is 2. The van der Waals surface area contributed by atoms with E-state index in [4.69, 9.17) is 9.47 Å². The normalized spacial score (nSPS) is 21.0. The van der Waals surface area contributed by atoms with Crippen LogP contribution in [0.5, 0.6) is 0 Å². The van der Waals surface area contributed by atoms with Gasteiger partial charge in [0.2, 0.25) is 4.57 Å². The summed E-state index contributed by atoms with van der Waals surface area (Å²) in [6.45, 7) is 10.4. The van der Waals surface area contributed by atoms with Crippen molar-refractivity contribution < 1.29 is 19.1 Å². The predicted molar refractivity (Wildman–Crippen MR) is 87.4 cm³/mol. The van der Waals surface area contributed by atoms with E-state index >= 15 is 0 Å². The van der Waals surface area contributed by atoms with E-state index < -0.39 is 28.0 Å². The van der Waals surface area contributed by atoms with Gasteiger partial charge in [-0.25, -0.2) is 9.59 Å². The summed E-state index contributed by atoms with van der Waals surface area (Å²) in [6.07, 6.45) is 5.03. The Hall–Kier alpha value is -1.50. The van der Waals surface area contributed by atoms with Gasteiger partial charge in [0, 0.05) is 0 Å². The first-order valence-electron chi connectivity index (χ1n) is 6.91. The molecule has 1 unspecified atom stereocenters. The van der Waals surface area contributed by atoms with Crippen LogP contribution in [0, 0.1) is 0 Å². The number of ether oxygens (including phenoxy) is 2. The van der Waals surface area contributed by atoms with E-state index in [1.165, 1.54) is 0 Å². The van der Waals surface area contributed by atoms with Gasteiger partial charge in [0.25, 0.3) is 0 Å². The van der Waals surface area contributed by atoms with E-state index in [9.17, 15) is 9.59 Å². The van der Waals surface area contributed by atoms with Crippen LogP contribution in [0.2, 0.25) is 0 Å². The van der Waals surface area contributed by atoms with Crippen molar-refractivity contribution in [2.45, 2.75) is 57.3 Å². The molecular weight excluding hydrogens is 352 g/mol. The third kappa shape index (κ3) is 5.36. The second-order valence-electron chi connectivity index (χ2n) is 6.83. The molecule has 0 bridgehead atoms. The number of carbonyl (C=O) groups is 2. The Morgan fingerprint density at radius 1 is 1.00 bits per heavy atom. The number of amides is 2. The van der Waals surface area contributed by atoms with Gasteiger partial charge >= 0.3 is 12.2 Å². The molecule has 22 heavy (non-hydrogen) atoms. The number of imide groups is 1. The fourth-order valence-electron chi connectivity index (χ4n) is 1.55. The van der Waals surface area contributed by atoms with E-state index in [-0.39, 0.29) is 0 Å². The Kier molecular flexibility index (Phi) is 5.33.